The molecule has 0 saturated carbocycles. The van der Waals surface area contributed by atoms with E-state index in [-0.39, 0.29) is 6.79 Å². The van der Waals surface area contributed by atoms with E-state index < -0.39 is 0 Å². The molecule has 4 rings (SSSR count). The minimum Gasteiger partial charge on any atom is -0.454 e. The lowest BCUT2D eigenvalue weighted by molar-refractivity contribution is 0.174. The van der Waals surface area contributed by atoms with Gasteiger partial charge in [-0.15, -0.1) is 0 Å². The van der Waals surface area contributed by atoms with Gasteiger partial charge in [-0.1, -0.05) is 0 Å². The fourth-order valence-electron chi connectivity index (χ4n) is 2.39. The van der Waals surface area contributed by atoms with Gasteiger partial charge >= 0.3 is 0 Å². The van der Waals surface area contributed by atoms with Gasteiger partial charge in [0.25, 0.3) is 0 Å². The Bertz CT molecular complexity index is 797. The highest BCUT2D eigenvalue weighted by atomic mass is 16.7. The van der Waals surface area contributed by atoms with Crippen molar-refractivity contribution in [3.8, 4) is 22.8 Å². The third kappa shape index (κ3) is 1.55. The van der Waals surface area contributed by atoms with Crippen molar-refractivity contribution >= 4 is 5.65 Å². The van der Waals surface area contributed by atoms with Crippen LogP contribution in [0.4, 0.5) is 0 Å². The molecule has 2 aromatic heterocycles. The van der Waals surface area contributed by atoms with Crippen LogP contribution in [0.2, 0.25) is 0 Å². The molecular formula is C14H12N4O2. The molecule has 1 aliphatic heterocycles. The SMILES string of the molecule is NCc1nccn2c(-c3ccc4c(c3)OCO4)cnc12. The number of fused-ring (bicyclic) bond motifs is 2. The summed E-state index contributed by atoms with van der Waals surface area (Å²) in [4.78, 5) is 8.64. The Morgan fingerprint density at radius 2 is 2.10 bits per heavy atom. The summed E-state index contributed by atoms with van der Waals surface area (Å²) in [5, 5.41) is 0. The second kappa shape index (κ2) is 4.21. The first kappa shape index (κ1) is 11.2. The highest BCUT2D eigenvalue weighted by Gasteiger charge is 2.16. The van der Waals surface area contributed by atoms with Crippen molar-refractivity contribution in [3.63, 3.8) is 0 Å². The van der Waals surface area contributed by atoms with Gasteiger partial charge in [-0.2, -0.15) is 0 Å². The Hall–Kier alpha value is -2.60. The first-order chi connectivity index (χ1) is 9.86. The number of rotatable bonds is 2. The monoisotopic (exact) mass is 268 g/mol. The molecule has 0 aliphatic carbocycles. The summed E-state index contributed by atoms with van der Waals surface area (Å²) >= 11 is 0. The van der Waals surface area contributed by atoms with Crippen molar-refractivity contribution in [1.82, 2.24) is 14.4 Å². The molecule has 0 atom stereocenters. The average molecular weight is 268 g/mol. The molecule has 20 heavy (non-hydrogen) atoms. The summed E-state index contributed by atoms with van der Waals surface area (Å²) < 4.78 is 12.7. The zero-order chi connectivity index (χ0) is 13.5. The van der Waals surface area contributed by atoms with Crippen LogP contribution in [0.25, 0.3) is 16.9 Å². The van der Waals surface area contributed by atoms with Crippen molar-refractivity contribution in [1.29, 1.82) is 0 Å². The molecule has 0 radical (unpaired) electrons. The van der Waals surface area contributed by atoms with E-state index in [2.05, 4.69) is 9.97 Å². The summed E-state index contributed by atoms with van der Waals surface area (Å²) in [6, 6.07) is 5.84. The van der Waals surface area contributed by atoms with Gasteiger partial charge in [0.15, 0.2) is 17.1 Å². The maximum atomic E-state index is 5.69. The molecule has 6 nitrogen and oxygen atoms in total. The molecule has 100 valence electrons. The molecule has 0 bridgehead atoms. The normalized spacial score (nSPS) is 13.1. The Labute approximate surface area is 114 Å². The van der Waals surface area contributed by atoms with Crippen molar-refractivity contribution < 1.29 is 9.47 Å². The number of ether oxygens (including phenoxy) is 2. The maximum absolute atomic E-state index is 5.69. The summed E-state index contributed by atoms with van der Waals surface area (Å²) in [5.41, 5.74) is 9.22. The molecule has 0 unspecified atom stereocenters. The molecule has 1 aliphatic rings. The van der Waals surface area contributed by atoms with Crippen LogP contribution < -0.4 is 15.2 Å². The largest absolute Gasteiger partial charge is 0.454 e. The number of nitrogens with zero attached hydrogens (tertiary/aromatic N) is 3. The minimum atomic E-state index is 0.271. The first-order valence-electron chi connectivity index (χ1n) is 6.28. The highest BCUT2D eigenvalue weighted by molar-refractivity contribution is 5.68. The van der Waals surface area contributed by atoms with Crippen LogP contribution in [0, 0.1) is 0 Å². The number of imidazole rings is 1. The molecule has 3 aromatic rings. The summed E-state index contributed by atoms with van der Waals surface area (Å²) in [7, 11) is 0. The third-order valence-electron chi connectivity index (χ3n) is 3.36. The fourth-order valence-corrected chi connectivity index (χ4v) is 2.39. The van der Waals surface area contributed by atoms with Crippen LogP contribution >= 0.6 is 0 Å². The lowest BCUT2D eigenvalue weighted by Crippen LogP contribution is -2.03. The predicted molar refractivity (Wildman–Crippen MR) is 72.4 cm³/mol. The second-order valence-corrected chi connectivity index (χ2v) is 4.48. The summed E-state index contributed by atoms with van der Waals surface area (Å²) in [5.74, 6) is 1.53. The smallest absolute Gasteiger partial charge is 0.231 e. The van der Waals surface area contributed by atoms with Crippen LogP contribution in [-0.4, -0.2) is 21.2 Å². The minimum absolute atomic E-state index is 0.271. The van der Waals surface area contributed by atoms with E-state index in [1.54, 1.807) is 6.20 Å². The number of hydrogen-bond donors (Lipinski definition) is 1. The van der Waals surface area contributed by atoms with Crippen LogP contribution in [-0.2, 0) is 6.54 Å². The quantitative estimate of drug-likeness (QED) is 0.763. The molecule has 6 heteroatoms. The van der Waals surface area contributed by atoms with E-state index in [1.165, 1.54) is 0 Å². The van der Waals surface area contributed by atoms with Crippen molar-refractivity contribution in [2.24, 2.45) is 5.73 Å². The van der Waals surface area contributed by atoms with Crippen LogP contribution in [0.1, 0.15) is 5.69 Å². The van der Waals surface area contributed by atoms with Crippen molar-refractivity contribution in [2.75, 3.05) is 6.79 Å². The molecule has 1 aromatic carbocycles. The van der Waals surface area contributed by atoms with Crippen LogP contribution in [0.5, 0.6) is 11.5 Å². The van der Waals surface area contributed by atoms with E-state index in [1.807, 2.05) is 35.0 Å². The van der Waals surface area contributed by atoms with E-state index in [4.69, 9.17) is 15.2 Å². The molecular weight excluding hydrogens is 256 g/mol. The standard InChI is InChI=1S/C14H12N4O2/c15-6-10-14-17-7-11(18(14)4-3-16-10)9-1-2-12-13(5-9)20-8-19-12/h1-5,7H,6,8,15H2. The van der Waals surface area contributed by atoms with Crippen molar-refractivity contribution in [3.05, 3.63) is 42.5 Å². The first-order valence-corrected chi connectivity index (χ1v) is 6.28. The van der Waals surface area contributed by atoms with Crippen LogP contribution in [0.15, 0.2) is 36.8 Å². The summed E-state index contributed by atoms with van der Waals surface area (Å²) in [6.07, 6.45) is 5.42. The van der Waals surface area contributed by atoms with Gasteiger partial charge in [0.05, 0.1) is 17.6 Å². The van der Waals surface area contributed by atoms with E-state index in [0.29, 0.717) is 6.54 Å². The Morgan fingerprint density at radius 3 is 3.00 bits per heavy atom. The van der Waals surface area contributed by atoms with Crippen LogP contribution in [0.3, 0.4) is 0 Å². The van der Waals surface area contributed by atoms with E-state index in [0.717, 1.165) is 34.1 Å². The van der Waals surface area contributed by atoms with Gasteiger partial charge in [-0.3, -0.25) is 9.38 Å². The molecule has 0 saturated heterocycles. The molecule has 0 fully saturated rings. The van der Waals surface area contributed by atoms with E-state index in [9.17, 15) is 0 Å². The topological polar surface area (TPSA) is 74.7 Å². The van der Waals surface area contributed by atoms with Gasteiger partial charge in [-0.05, 0) is 18.2 Å². The Morgan fingerprint density at radius 1 is 1.20 bits per heavy atom. The van der Waals surface area contributed by atoms with Gasteiger partial charge in [-0.25, -0.2) is 4.98 Å². The maximum Gasteiger partial charge on any atom is 0.231 e. The Kier molecular flexibility index (Phi) is 2.37. The number of benzene rings is 1. The van der Waals surface area contributed by atoms with Gasteiger partial charge in [0.1, 0.15) is 0 Å². The number of aromatic nitrogens is 3. The zero-order valence-corrected chi connectivity index (χ0v) is 10.6. The fraction of sp³-hybridized carbons (Fsp3) is 0.143. The molecule has 2 N–H and O–H groups in total. The Balaban J connectivity index is 1.90. The highest BCUT2D eigenvalue weighted by Crippen LogP contribution is 2.36. The molecule has 0 spiro atoms. The zero-order valence-electron chi connectivity index (χ0n) is 10.6. The molecule has 3 heterocycles. The summed E-state index contributed by atoms with van der Waals surface area (Å²) in [6.45, 7) is 0.634. The third-order valence-corrected chi connectivity index (χ3v) is 3.36. The number of hydrogen-bond acceptors (Lipinski definition) is 5. The van der Waals surface area contributed by atoms with Gasteiger partial charge < -0.3 is 15.2 Å². The van der Waals surface area contributed by atoms with Gasteiger partial charge in [0.2, 0.25) is 6.79 Å². The van der Waals surface area contributed by atoms with Gasteiger partial charge in [0, 0.05) is 24.5 Å². The lowest BCUT2D eigenvalue weighted by Gasteiger charge is -2.04. The second-order valence-electron chi connectivity index (χ2n) is 4.48. The van der Waals surface area contributed by atoms with Crippen molar-refractivity contribution in [2.45, 2.75) is 6.54 Å². The average Bonchev–Trinajstić information content (AvgIpc) is 3.12. The number of nitrogens with two attached hydrogens (primary N) is 1. The predicted octanol–water partition coefficient (Wildman–Crippen LogP) is 1.58. The van der Waals surface area contributed by atoms with E-state index >= 15 is 0 Å². The lowest BCUT2D eigenvalue weighted by atomic mass is 10.1. The molecule has 0 amide bonds.